The van der Waals surface area contributed by atoms with Crippen LogP contribution in [0, 0.1) is 0 Å². The maximum absolute atomic E-state index is 12.9. The Bertz CT molecular complexity index is 2290. The SMILES string of the molecule is CC(C)(C)OC(=O)N1C(=O)CC[C@H]1C(=O)Nc1c(C(N)=O)oc2ccc(Br)cc12.O=C1CC[C@@H](c2nc3c(oc4ccc(Br)cc43)c(=O)[nH]2)N1. The summed E-state index contributed by atoms with van der Waals surface area (Å²) in [7, 11) is 0. The molecule has 0 radical (unpaired) electrons. The zero-order valence-electron chi connectivity index (χ0n) is 26.8. The van der Waals surface area contributed by atoms with Crippen LogP contribution >= 0.6 is 31.9 Å². The van der Waals surface area contributed by atoms with E-state index in [1.54, 1.807) is 45.0 Å². The van der Waals surface area contributed by atoms with Gasteiger partial charge in [0.1, 0.15) is 39.8 Å². The van der Waals surface area contributed by atoms with Gasteiger partial charge in [-0.3, -0.25) is 24.0 Å². The Labute approximate surface area is 299 Å². The van der Waals surface area contributed by atoms with E-state index < -0.39 is 35.5 Å². The van der Waals surface area contributed by atoms with E-state index in [4.69, 9.17) is 19.3 Å². The molecule has 2 saturated heterocycles. The van der Waals surface area contributed by atoms with E-state index >= 15 is 0 Å². The van der Waals surface area contributed by atoms with Crippen LogP contribution < -0.4 is 21.9 Å². The van der Waals surface area contributed by atoms with E-state index in [1.165, 1.54) is 0 Å². The van der Waals surface area contributed by atoms with Crippen molar-refractivity contribution in [2.45, 2.75) is 64.1 Å². The molecule has 2 aromatic carbocycles. The number of rotatable bonds is 4. The van der Waals surface area contributed by atoms with Gasteiger partial charge in [0.2, 0.25) is 29.1 Å². The number of anilines is 1. The van der Waals surface area contributed by atoms with Crippen molar-refractivity contribution in [3.63, 3.8) is 0 Å². The number of imide groups is 1. The maximum Gasteiger partial charge on any atom is 0.417 e. The summed E-state index contributed by atoms with van der Waals surface area (Å²) in [6.07, 6.45) is 0.346. The van der Waals surface area contributed by atoms with E-state index in [2.05, 4.69) is 52.5 Å². The molecule has 7 rings (SSSR count). The van der Waals surface area contributed by atoms with Crippen LogP contribution in [0.5, 0.6) is 0 Å². The Morgan fingerprint density at radius 2 is 1.64 bits per heavy atom. The number of benzene rings is 2. The molecule has 2 fully saturated rings. The zero-order valence-corrected chi connectivity index (χ0v) is 30.0. The quantitative estimate of drug-likeness (QED) is 0.177. The highest BCUT2D eigenvalue weighted by molar-refractivity contribution is 9.10. The second kappa shape index (κ2) is 13.4. The number of ether oxygens (including phenoxy) is 1. The number of carbonyl (C=O) groups is 5. The van der Waals surface area contributed by atoms with Crippen LogP contribution in [0.3, 0.4) is 0 Å². The van der Waals surface area contributed by atoms with Gasteiger partial charge in [-0.15, -0.1) is 0 Å². The fraction of sp³-hybridized carbons (Fsp3) is 0.303. The number of furan rings is 2. The molecule has 2 aliphatic rings. The van der Waals surface area contributed by atoms with Crippen molar-refractivity contribution in [2.24, 2.45) is 5.73 Å². The Balaban J connectivity index is 0.000000181. The first-order valence-electron chi connectivity index (χ1n) is 15.4. The Kier molecular flexibility index (Phi) is 9.30. The van der Waals surface area contributed by atoms with Gasteiger partial charge in [0.25, 0.3) is 11.5 Å². The van der Waals surface area contributed by atoms with Crippen LogP contribution in [0.1, 0.15) is 68.9 Å². The highest BCUT2D eigenvalue weighted by atomic mass is 79.9. The van der Waals surface area contributed by atoms with Crippen LogP contribution in [-0.2, 0) is 19.1 Å². The van der Waals surface area contributed by atoms with Gasteiger partial charge in [-0.2, -0.15) is 0 Å². The maximum atomic E-state index is 12.9. The number of nitrogens with one attached hydrogen (secondary N) is 3. The lowest BCUT2D eigenvalue weighted by molar-refractivity contribution is -0.132. The number of hydrogen-bond donors (Lipinski definition) is 4. The summed E-state index contributed by atoms with van der Waals surface area (Å²) in [5.74, 6) is -1.79. The van der Waals surface area contributed by atoms with Gasteiger partial charge in [0, 0.05) is 32.6 Å². The number of primary amides is 1. The molecule has 0 bridgehead atoms. The summed E-state index contributed by atoms with van der Waals surface area (Å²) in [6, 6.07) is 9.17. The van der Waals surface area contributed by atoms with Crippen molar-refractivity contribution < 1.29 is 37.5 Å². The van der Waals surface area contributed by atoms with Crippen LogP contribution in [0.4, 0.5) is 10.5 Å². The number of nitrogens with zero attached hydrogens (tertiary/aromatic N) is 2. The molecule has 5 amide bonds. The predicted octanol–water partition coefficient (Wildman–Crippen LogP) is 5.54. The molecule has 15 nitrogen and oxygen atoms in total. The summed E-state index contributed by atoms with van der Waals surface area (Å²) >= 11 is 6.73. The molecule has 0 aliphatic carbocycles. The van der Waals surface area contributed by atoms with E-state index in [-0.39, 0.29) is 47.4 Å². The summed E-state index contributed by atoms with van der Waals surface area (Å²) in [5, 5.41) is 6.63. The van der Waals surface area contributed by atoms with E-state index in [0.29, 0.717) is 45.2 Å². The minimum absolute atomic E-state index is 0.0254. The van der Waals surface area contributed by atoms with Gasteiger partial charge >= 0.3 is 6.09 Å². The third-order valence-electron chi connectivity index (χ3n) is 7.86. The van der Waals surface area contributed by atoms with E-state index in [0.717, 1.165) is 14.8 Å². The molecular formula is C33H30Br2N6O9. The molecule has 50 heavy (non-hydrogen) atoms. The third kappa shape index (κ3) is 7.00. The monoisotopic (exact) mass is 812 g/mol. The number of likely N-dealkylation sites (tertiary alicyclic amines) is 1. The lowest BCUT2D eigenvalue weighted by atomic mass is 10.1. The van der Waals surface area contributed by atoms with Gasteiger partial charge < -0.3 is 34.9 Å². The van der Waals surface area contributed by atoms with Crippen molar-refractivity contribution >= 4 is 100 Å². The summed E-state index contributed by atoms with van der Waals surface area (Å²) in [5.41, 5.74) is 5.99. The first-order chi connectivity index (χ1) is 23.6. The molecule has 5 aromatic rings. The number of aromatic nitrogens is 2. The van der Waals surface area contributed by atoms with Gasteiger partial charge in [-0.1, -0.05) is 31.9 Å². The first kappa shape index (κ1) is 34.8. The molecule has 0 saturated carbocycles. The Hall–Kier alpha value is -5.03. The molecule has 5 N–H and O–H groups in total. The fourth-order valence-corrected chi connectivity index (χ4v) is 6.40. The van der Waals surface area contributed by atoms with Crippen LogP contribution in [-0.4, -0.2) is 56.2 Å². The fourth-order valence-electron chi connectivity index (χ4n) is 5.67. The second-order valence-corrected chi connectivity index (χ2v) is 14.5. The minimum Gasteiger partial charge on any atom is -0.449 e. The smallest absolute Gasteiger partial charge is 0.417 e. The lowest BCUT2D eigenvalue weighted by Crippen LogP contribution is -2.47. The lowest BCUT2D eigenvalue weighted by Gasteiger charge is -2.26. The zero-order chi connectivity index (χ0) is 36.1. The molecule has 17 heteroatoms. The molecule has 0 spiro atoms. The Morgan fingerprint density at radius 1 is 0.980 bits per heavy atom. The molecular weight excluding hydrogens is 784 g/mol. The second-order valence-electron chi connectivity index (χ2n) is 12.6. The molecule has 260 valence electrons. The molecule has 5 heterocycles. The largest absolute Gasteiger partial charge is 0.449 e. The van der Waals surface area contributed by atoms with Crippen molar-refractivity contribution in [3.05, 3.63) is 67.3 Å². The number of H-pyrrole nitrogens is 1. The number of nitrogens with two attached hydrogens (primary N) is 1. The molecule has 0 unspecified atom stereocenters. The van der Waals surface area contributed by atoms with Gasteiger partial charge in [0.05, 0.1) is 6.04 Å². The van der Waals surface area contributed by atoms with Gasteiger partial charge in [-0.05, 0) is 70.0 Å². The number of hydrogen-bond acceptors (Lipinski definition) is 10. The molecule has 3 aromatic heterocycles. The van der Waals surface area contributed by atoms with Crippen LogP contribution in [0.2, 0.25) is 0 Å². The predicted molar refractivity (Wildman–Crippen MR) is 187 cm³/mol. The number of halogens is 2. The summed E-state index contributed by atoms with van der Waals surface area (Å²) in [4.78, 5) is 80.8. The molecule has 2 atom stereocenters. The average Bonchev–Trinajstić information content (AvgIpc) is 3.81. The summed E-state index contributed by atoms with van der Waals surface area (Å²) in [6.45, 7) is 4.99. The number of fused-ring (bicyclic) bond motifs is 4. The number of carbonyl (C=O) groups excluding carboxylic acids is 5. The van der Waals surface area contributed by atoms with Crippen molar-refractivity contribution in [3.8, 4) is 0 Å². The van der Waals surface area contributed by atoms with E-state index in [9.17, 15) is 28.8 Å². The van der Waals surface area contributed by atoms with Crippen LogP contribution in [0.15, 0.2) is 59.0 Å². The average molecular weight is 814 g/mol. The molecule has 2 aliphatic heterocycles. The number of amides is 5. The van der Waals surface area contributed by atoms with Crippen molar-refractivity contribution in [1.29, 1.82) is 0 Å². The number of aromatic amines is 1. The van der Waals surface area contributed by atoms with Crippen LogP contribution in [0.25, 0.3) is 33.0 Å². The standard InChI is InChI=1S/C19H20BrN3O6.C14H10BrN3O3/c1-19(2,3)29-18(27)23-11(5-7-13(23)24)17(26)22-14-10-8-9(20)4-6-12(10)28-15(14)16(21)25;15-6-1-3-9-7(5-6)11-12(21-9)14(20)18-13(17-11)8-2-4-10(19)16-8/h4,6,8,11H,5,7H2,1-3H3,(H2,21,25)(H,22,26);1,3,5,8H,2,4H2,(H,16,19)(H,17,18,20)/t11-;8-/m00/s1. The highest BCUT2D eigenvalue weighted by Crippen LogP contribution is 2.34. The van der Waals surface area contributed by atoms with Gasteiger partial charge in [0.15, 0.2) is 0 Å². The van der Waals surface area contributed by atoms with E-state index in [1.807, 2.05) is 12.1 Å². The topological polar surface area (TPSA) is 220 Å². The van der Waals surface area contributed by atoms with Crippen molar-refractivity contribution in [1.82, 2.24) is 20.2 Å². The van der Waals surface area contributed by atoms with Gasteiger partial charge in [-0.25, -0.2) is 14.7 Å². The Morgan fingerprint density at radius 3 is 2.26 bits per heavy atom. The minimum atomic E-state index is -1.07. The van der Waals surface area contributed by atoms with Crippen molar-refractivity contribution in [2.75, 3.05) is 5.32 Å². The third-order valence-corrected chi connectivity index (χ3v) is 8.84. The normalized spacial score (nSPS) is 17.6. The first-order valence-corrected chi connectivity index (χ1v) is 17.0. The highest BCUT2D eigenvalue weighted by Gasteiger charge is 2.43. The summed E-state index contributed by atoms with van der Waals surface area (Å²) < 4.78 is 17.8.